The molecule has 0 radical (unpaired) electrons. The van der Waals surface area contributed by atoms with Gasteiger partial charge in [-0.05, 0) is 42.8 Å². The zero-order valence-electron chi connectivity index (χ0n) is 21.1. The maximum Gasteiger partial charge on any atom is 0.311 e. The topological polar surface area (TPSA) is 110 Å². The first-order valence-corrected chi connectivity index (χ1v) is 12.6. The van der Waals surface area contributed by atoms with Crippen LogP contribution in [0.4, 0.5) is 0 Å². The molecular formula is C29H36O7. The highest BCUT2D eigenvalue weighted by molar-refractivity contribution is 6.08. The number of rotatable bonds is 15. The molecule has 2 N–H and O–H groups in total. The smallest absolute Gasteiger partial charge is 0.311 e. The van der Waals surface area contributed by atoms with Gasteiger partial charge in [-0.25, -0.2) is 0 Å². The lowest BCUT2D eigenvalue weighted by Crippen LogP contribution is -2.09. The highest BCUT2D eigenvalue weighted by Crippen LogP contribution is 2.28. The van der Waals surface area contributed by atoms with E-state index in [1.165, 1.54) is 81.9 Å². The van der Waals surface area contributed by atoms with Crippen molar-refractivity contribution < 1.29 is 34.1 Å². The summed E-state index contributed by atoms with van der Waals surface area (Å²) in [4.78, 5) is 36.3. The summed E-state index contributed by atoms with van der Waals surface area (Å²) >= 11 is 0. The largest absolute Gasteiger partial charge is 0.508 e. The number of ketones is 1. The van der Waals surface area contributed by atoms with Crippen molar-refractivity contribution in [3.05, 3.63) is 53.6 Å². The number of benzene rings is 2. The van der Waals surface area contributed by atoms with E-state index in [2.05, 4.69) is 6.92 Å². The normalized spacial score (nSPS) is 10.9. The second-order valence-corrected chi connectivity index (χ2v) is 8.74. The van der Waals surface area contributed by atoms with Crippen LogP contribution in [-0.4, -0.2) is 27.9 Å². The molecule has 0 saturated heterocycles. The van der Waals surface area contributed by atoms with E-state index in [0.717, 1.165) is 25.3 Å². The lowest BCUT2D eigenvalue weighted by molar-refractivity contribution is -0.134. The fourth-order valence-electron chi connectivity index (χ4n) is 3.71. The minimum absolute atomic E-state index is 0.0180. The Morgan fingerprint density at radius 3 is 2.14 bits per heavy atom. The van der Waals surface area contributed by atoms with Crippen LogP contribution in [0.25, 0.3) is 6.08 Å². The molecule has 194 valence electrons. The monoisotopic (exact) mass is 496 g/mol. The average Bonchev–Trinajstić information content (AvgIpc) is 2.82. The number of carbonyl (C=O) groups is 3. The van der Waals surface area contributed by atoms with E-state index < -0.39 is 17.7 Å². The number of carbonyl (C=O) groups excluding carboxylic acids is 3. The molecule has 0 atom stereocenters. The van der Waals surface area contributed by atoms with E-state index in [1.54, 1.807) is 6.07 Å². The fourth-order valence-corrected chi connectivity index (χ4v) is 3.71. The van der Waals surface area contributed by atoms with Crippen LogP contribution in [0.15, 0.2) is 42.5 Å². The molecule has 0 aliphatic heterocycles. The summed E-state index contributed by atoms with van der Waals surface area (Å²) in [5.41, 5.74) is 0.447. The highest BCUT2D eigenvalue weighted by Gasteiger charge is 2.13. The first-order valence-electron chi connectivity index (χ1n) is 12.6. The number of ether oxygens (including phenoxy) is 2. The van der Waals surface area contributed by atoms with Crippen molar-refractivity contribution in [2.75, 3.05) is 0 Å². The Morgan fingerprint density at radius 2 is 1.50 bits per heavy atom. The van der Waals surface area contributed by atoms with Crippen molar-refractivity contribution in [3.63, 3.8) is 0 Å². The molecule has 0 saturated carbocycles. The van der Waals surface area contributed by atoms with Gasteiger partial charge in [0.2, 0.25) is 0 Å². The molecule has 2 aromatic carbocycles. The van der Waals surface area contributed by atoms with Gasteiger partial charge < -0.3 is 19.7 Å². The van der Waals surface area contributed by atoms with Crippen molar-refractivity contribution in [1.29, 1.82) is 0 Å². The number of phenolic OH excluding ortho intramolecular Hbond substituents is 2. The Balaban J connectivity index is 1.99. The molecule has 0 fully saturated rings. The molecule has 0 aromatic heterocycles. The third kappa shape index (κ3) is 10.3. The lowest BCUT2D eigenvalue weighted by atomic mass is 10.1. The summed E-state index contributed by atoms with van der Waals surface area (Å²) in [6.07, 6.45) is 13.2. The number of aromatic hydroxyl groups is 2. The maximum atomic E-state index is 12.5. The Hall–Kier alpha value is -3.61. The van der Waals surface area contributed by atoms with Crippen molar-refractivity contribution >= 4 is 23.8 Å². The summed E-state index contributed by atoms with van der Waals surface area (Å²) in [6.45, 7) is 3.47. The van der Waals surface area contributed by atoms with Crippen LogP contribution in [0.3, 0.4) is 0 Å². The van der Waals surface area contributed by atoms with Crippen LogP contribution in [0.5, 0.6) is 23.0 Å². The van der Waals surface area contributed by atoms with Gasteiger partial charge in [-0.15, -0.1) is 0 Å². The van der Waals surface area contributed by atoms with Crippen LogP contribution >= 0.6 is 0 Å². The molecule has 0 bridgehead atoms. The molecule has 0 spiro atoms. The number of phenols is 2. The van der Waals surface area contributed by atoms with Gasteiger partial charge in [-0.2, -0.15) is 0 Å². The van der Waals surface area contributed by atoms with Gasteiger partial charge in [-0.3, -0.25) is 14.4 Å². The fraction of sp³-hybridized carbons (Fsp3) is 0.414. The maximum absolute atomic E-state index is 12.5. The summed E-state index contributed by atoms with van der Waals surface area (Å²) < 4.78 is 10.6. The predicted octanol–water partition coefficient (Wildman–Crippen LogP) is 6.75. The Kier molecular flexibility index (Phi) is 12.2. The van der Waals surface area contributed by atoms with Crippen LogP contribution in [0, 0.1) is 0 Å². The van der Waals surface area contributed by atoms with E-state index in [4.69, 9.17) is 9.47 Å². The van der Waals surface area contributed by atoms with Gasteiger partial charge in [0.05, 0.1) is 5.56 Å². The molecule has 0 aliphatic carbocycles. The summed E-state index contributed by atoms with van der Waals surface area (Å²) in [7, 11) is 0. The third-order valence-electron chi connectivity index (χ3n) is 5.62. The van der Waals surface area contributed by atoms with E-state index >= 15 is 0 Å². The molecular weight excluding hydrogens is 460 g/mol. The standard InChI is InChI=1S/C29H36O7/c1-3-4-5-6-7-8-9-10-11-12-29(34)36-28-20-24(35-21(2)30)16-13-22(28)14-18-26(32)25-17-15-23(31)19-27(25)33/h13-20,31,33H,3-12H2,1-2H3. The van der Waals surface area contributed by atoms with Crippen molar-refractivity contribution in [3.8, 4) is 23.0 Å². The van der Waals surface area contributed by atoms with Gasteiger partial charge in [0.15, 0.2) is 5.78 Å². The van der Waals surface area contributed by atoms with Gasteiger partial charge in [0.25, 0.3) is 0 Å². The van der Waals surface area contributed by atoms with Crippen LogP contribution in [0.2, 0.25) is 0 Å². The van der Waals surface area contributed by atoms with Crippen LogP contribution in [0.1, 0.15) is 94.0 Å². The van der Waals surface area contributed by atoms with Crippen molar-refractivity contribution in [2.24, 2.45) is 0 Å². The van der Waals surface area contributed by atoms with Gasteiger partial charge in [-0.1, -0.05) is 58.3 Å². The molecule has 0 aliphatic rings. The quantitative estimate of drug-likeness (QED) is 0.0923. The number of esters is 2. The van der Waals surface area contributed by atoms with Gasteiger partial charge in [0.1, 0.15) is 23.0 Å². The number of hydrogen-bond donors (Lipinski definition) is 2. The van der Waals surface area contributed by atoms with E-state index in [1.807, 2.05) is 0 Å². The average molecular weight is 497 g/mol. The molecule has 2 aromatic rings. The minimum atomic E-state index is -0.511. The zero-order chi connectivity index (χ0) is 26.3. The van der Waals surface area contributed by atoms with Gasteiger partial charge in [0, 0.05) is 31.0 Å². The van der Waals surface area contributed by atoms with Crippen molar-refractivity contribution in [1.82, 2.24) is 0 Å². The molecule has 36 heavy (non-hydrogen) atoms. The van der Waals surface area contributed by atoms with Gasteiger partial charge >= 0.3 is 11.9 Å². The summed E-state index contributed by atoms with van der Waals surface area (Å²) in [6, 6.07) is 8.22. The third-order valence-corrected chi connectivity index (χ3v) is 5.62. The number of unbranched alkanes of at least 4 members (excludes halogenated alkanes) is 8. The second-order valence-electron chi connectivity index (χ2n) is 8.74. The molecule has 7 nitrogen and oxygen atoms in total. The van der Waals surface area contributed by atoms with Crippen molar-refractivity contribution in [2.45, 2.75) is 78.1 Å². The Morgan fingerprint density at radius 1 is 0.833 bits per heavy atom. The van der Waals surface area contributed by atoms with Crippen LogP contribution < -0.4 is 9.47 Å². The van der Waals surface area contributed by atoms with E-state index in [-0.39, 0.29) is 35.0 Å². The molecule has 2 rings (SSSR count). The van der Waals surface area contributed by atoms with E-state index in [9.17, 15) is 24.6 Å². The highest BCUT2D eigenvalue weighted by atomic mass is 16.5. The Bertz CT molecular complexity index is 1060. The summed E-state index contributed by atoms with van der Waals surface area (Å²) in [5, 5.41) is 19.3. The molecule has 7 heteroatoms. The first kappa shape index (κ1) is 28.6. The first-order chi connectivity index (χ1) is 17.3. The summed E-state index contributed by atoms with van der Waals surface area (Å²) in [5.74, 6) is -1.54. The number of allylic oxidation sites excluding steroid dienone is 1. The SMILES string of the molecule is CCCCCCCCCCCC(=O)Oc1cc(OC(C)=O)ccc1C=CC(=O)c1ccc(O)cc1O. The lowest BCUT2D eigenvalue weighted by Gasteiger charge is -2.10. The van der Waals surface area contributed by atoms with E-state index in [0.29, 0.717) is 5.56 Å². The second kappa shape index (κ2) is 15.4. The molecule has 0 unspecified atom stereocenters. The van der Waals surface area contributed by atoms with Crippen LogP contribution in [-0.2, 0) is 9.59 Å². The zero-order valence-corrected chi connectivity index (χ0v) is 21.1. The minimum Gasteiger partial charge on any atom is -0.508 e. The molecule has 0 heterocycles. The predicted molar refractivity (Wildman–Crippen MR) is 138 cm³/mol. The number of hydrogen-bond acceptors (Lipinski definition) is 7. The molecule has 0 amide bonds. The Labute approximate surface area is 212 Å².